The standard InChI is InChI=1S/C7H13NO3/c8-7(11)3-1-5(2-4-7)6(9)10/h5,11H,1-4,8H2,(H,9,10). The van der Waals surface area contributed by atoms with Gasteiger partial charge in [-0.15, -0.1) is 0 Å². The van der Waals surface area contributed by atoms with Crippen LogP contribution in [-0.2, 0) is 4.79 Å². The van der Waals surface area contributed by atoms with Crippen LogP contribution in [-0.4, -0.2) is 21.9 Å². The predicted molar refractivity (Wildman–Crippen MR) is 38.7 cm³/mol. The topological polar surface area (TPSA) is 83.5 Å². The Hall–Kier alpha value is -0.610. The number of nitrogens with two attached hydrogens (primary N) is 1. The normalized spacial score (nSPS) is 38.5. The molecule has 4 nitrogen and oxygen atoms in total. The number of carboxylic acid groups (broad SMARTS) is 1. The van der Waals surface area contributed by atoms with Gasteiger partial charge in [-0.1, -0.05) is 0 Å². The van der Waals surface area contributed by atoms with E-state index in [0.717, 1.165) is 0 Å². The van der Waals surface area contributed by atoms with Gasteiger partial charge in [0, 0.05) is 0 Å². The van der Waals surface area contributed by atoms with E-state index in [-0.39, 0.29) is 5.92 Å². The molecule has 0 unspecified atom stereocenters. The van der Waals surface area contributed by atoms with Crippen molar-refractivity contribution in [3.63, 3.8) is 0 Å². The minimum Gasteiger partial charge on any atom is -0.481 e. The Morgan fingerprint density at radius 1 is 1.45 bits per heavy atom. The quantitative estimate of drug-likeness (QED) is 0.467. The second-order valence-electron chi connectivity index (χ2n) is 3.22. The lowest BCUT2D eigenvalue weighted by Gasteiger charge is -2.30. The molecular weight excluding hydrogens is 146 g/mol. The van der Waals surface area contributed by atoms with E-state index in [4.69, 9.17) is 10.8 Å². The van der Waals surface area contributed by atoms with Gasteiger partial charge in [-0.25, -0.2) is 0 Å². The van der Waals surface area contributed by atoms with Crippen molar-refractivity contribution in [2.24, 2.45) is 11.7 Å². The molecule has 0 bridgehead atoms. The molecule has 1 saturated carbocycles. The highest BCUT2D eigenvalue weighted by Gasteiger charge is 2.32. The molecule has 1 fully saturated rings. The van der Waals surface area contributed by atoms with E-state index in [1.807, 2.05) is 0 Å². The fourth-order valence-electron chi connectivity index (χ4n) is 1.36. The van der Waals surface area contributed by atoms with Crippen LogP contribution in [0.15, 0.2) is 0 Å². The molecule has 0 heterocycles. The summed E-state index contributed by atoms with van der Waals surface area (Å²) in [7, 11) is 0. The first-order valence-electron chi connectivity index (χ1n) is 3.75. The lowest BCUT2D eigenvalue weighted by Crippen LogP contribution is -2.43. The molecule has 0 aromatic rings. The summed E-state index contributed by atoms with van der Waals surface area (Å²) >= 11 is 0. The second kappa shape index (κ2) is 2.79. The molecule has 0 saturated heterocycles. The van der Waals surface area contributed by atoms with E-state index < -0.39 is 11.7 Å². The summed E-state index contributed by atoms with van der Waals surface area (Å²) in [5, 5.41) is 17.8. The molecule has 11 heavy (non-hydrogen) atoms. The summed E-state index contributed by atoms with van der Waals surface area (Å²) < 4.78 is 0. The van der Waals surface area contributed by atoms with Crippen LogP contribution < -0.4 is 5.73 Å². The number of hydrogen-bond donors (Lipinski definition) is 3. The van der Waals surface area contributed by atoms with E-state index in [2.05, 4.69) is 0 Å². The Morgan fingerprint density at radius 2 is 1.91 bits per heavy atom. The van der Waals surface area contributed by atoms with Crippen LogP contribution in [0.2, 0.25) is 0 Å². The van der Waals surface area contributed by atoms with Gasteiger partial charge in [-0.3, -0.25) is 4.79 Å². The molecular formula is C7H13NO3. The molecule has 0 aromatic heterocycles. The molecule has 0 radical (unpaired) electrons. The number of carbonyl (C=O) groups is 1. The Kier molecular flexibility index (Phi) is 2.15. The van der Waals surface area contributed by atoms with E-state index in [9.17, 15) is 9.90 Å². The maximum absolute atomic E-state index is 10.4. The molecule has 4 N–H and O–H groups in total. The molecule has 0 spiro atoms. The summed E-state index contributed by atoms with van der Waals surface area (Å²) in [5.74, 6) is -1.08. The van der Waals surface area contributed by atoms with Crippen molar-refractivity contribution in [3.05, 3.63) is 0 Å². The van der Waals surface area contributed by atoms with Crippen molar-refractivity contribution in [1.82, 2.24) is 0 Å². The van der Waals surface area contributed by atoms with E-state index in [0.29, 0.717) is 25.7 Å². The van der Waals surface area contributed by atoms with Crippen molar-refractivity contribution in [3.8, 4) is 0 Å². The van der Waals surface area contributed by atoms with E-state index >= 15 is 0 Å². The van der Waals surface area contributed by atoms with Gasteiger partial charge in [0.05, 0.1) is 5.92 Å². The van der Waals surface area contributed by atoms with Crippen LogP contribution in [0.4, 0.5) is 0 Å². The number of carboxylic acids is 1. The fourth-order valence-corrected chi connectivity index (χ4v) is 1.36. The van der Waals surface area contributed by atoms with E-state index in [1.165, 1.54) is 0 Å². The molecule has 0 aromatic carbocycles. The SMILES string of the molecule is NC1(O)CCC(C(=O)O)CC1. The maximum Gasteiger partial charge on any atom is 0.306 e. The average molecular weight is 159 g/mol. The molecule has 64 valence electrons. The molecule has 0 amide bonds. The number of rotatable bonds is 1. The third-order valence-corrected chi connectivity index (χ3v) is 2.20. The fraction of sp³-hybridized carbons (Fsp3) is 0.857. The monoisotopic (exact) mass is 159 g/mol. The van der Waals surface area contributed by atoms with Gasteiger partial charge in [0.2, 0.25) is 0 Å². The van der Waals surface area contributed by atoms with Crippen molar-refractivity contribution in [1.29, 1.82) is 0 Å². The van der Waals surface area contributed by atoms with Gasteiger partial charge < -0.3 is 15.9 Å². The first-order chi connectivity index (χ1) is 5.01. The Labute approximate surface area is 65.0 Å². The van der Waals surface area contributed by atoms with Crippen LogP contribution in [0.3, 0.4) is 0 Å². The summed E-state index contributed by atoms with van der Waals surface area (Å²) in [6, 6.07) is 0. The zero-order valence-corrected chi connectivity index (χ0v) is 6.29. The highest BCUT2D eigenvalue weighted by atomic mass is 16.4. The minimum absolute atomic E-state index is 0.307. The Bertz CT molecular complexity index is 157. The maximum atomic E-state index is 10.4. The highest BCUT2D eigenvalue weighted by molar-refractivity contribution is 5.70. The minimum atomic E-state index is -1.12. The third kappa shape index (κ3) is 2.17. The van der Waals surface area contributed by atoms with Gasteiger partial charge in [0.25, 0.3) is 0 Å². The lowest BCUT2D eigenvalue weighted by molar-refractivity contribution is -0.144. The summed E-state index contributed by atoms with van der Waals surface area (Å²) in [6.45, 7) is 0. The summed E-state index contributed by atoms with van der Waals surface area (Å²) in [4.78, 5) is 10.4. The largest absolute Gasteiger partial charge is 0.481 e. The van der Waals surface area contributed by atoms with Crippen LogP contribution >= 0.6 is 0 Å². The number of aliphatic hydroxyl groups is 1. The molecule has 1 aliphatic rings. The molecule has 4 heteroatoms. The van der Waals surface area contributed by atoms with Crippen LogP contribution in [0.1, 0.15) is 25.7 Å². The average Bonchev–Trinajstić information content (AvgIpc) is 1.86. The highest BCUT2D eigenvalue weighted by Crippen LogP contribution is 2.28. The van der Waals surface area contributed by atoms with E-state index in [1.54, 1.807) is 0 Å². The number of hydrogen-bond acceptors (Lipinski definition) is 3. The van der Waals surface area contributed by atoms with Gasteiger partial charge in [-0.05, 0) is 25.7 Å². The van der Waals surface area contributed by atoms with Gasteiger partial charge in [0.15, 0.2) is 0 Å². The molecule has 0 aliphatic heterocycles. The van der Waals surface area contributed by atoms with Crippen LogP contribution in [0, 0.1) is 5.92 Å². The third-order valence-electron chi connectivity index (χ3n) is 2.20. The summed E-state index contributed by atoms with van der Waals surface area (Å²) in [6.07, 6.45) is 1.76. The number of aliphatic carboxylic acids is 1. The van der Waals surface area contributed by atoms with Gasteiger partial charge in [0.1, 0.15) is 5.72 Å². The molecule has 1 rings (SSSR count). The first kappa shape index (κ1) is 8.49. The lowest BCUT2D eigenvalue weighted by atomic mass is 9.84. The van der Waals surface area contributed by atoms with Crippen molar-refractivity contribution >= 4 is 5.97 Å². The zero-order valence-electron chi connectivity index (χ0n) is 6.29. The van der Waals surface area contributed by atoms with Crippen molar-refractivity contribution in [2.45, 2.75) is 31.4 Å². The second-order valence-corrected chi connectivity index (χ2v) is 3.22. The molecule has 1 aliphatic carbocycles. The smallest absolute Gasteiger partial charge is 0.306 e. The first-order valence-corrected chi connectivity index (χ1v) is 3.75. The Morgan fingerprint density at radius 3 is 2.27 bits per heavy atom. The summed E-state index contributed by atoms with van der Waals surface area (Å²) in [5.41, 5.74) is 4.28. The zero-order chi connectivity index (χ0) is 8.48. The van der Waals surface area contributed by atoms with Crippen LogP contribution in [0.5, 0.6) is 0 Å². The van der Waals surface area contributed by atoms with Gasteiger partial charge >= 0.3 is 5.97 Å². The van der Waals surface area contributed by atoms with Crippen molar-refractivity contribution in [2.75, 3.05) is 0 Å². The Balaban J connectivity index is 2.42. The molecule has 0 atom stereocenters. The predicted octanol–water partition coefficient (Wildman–Crippen LogP) is -0.0915. The van der Waals surface area contributed by atoms with Crippen LogP contribution in [0.25, 0.3) is 0 Å². The van der Waals surface area contributed by atoms with Gasteiger partial charge in [-0.2, -0.15) is 0 Å². The van der Waals surface area contributed by atoms with Crippen molar-refractivity contribution < 1.29 is 15.0 Å².